The number of hydrogen-bond donors (Lipinski definition) is 2. The fraction of sp³-hybridized carbons (Fsp3) is 0.333. The van der Waals surface area contributed by atoms with Gasteiger partial charge in [-0.2, -0.15) is 0 Å². The molecule has 0 heterocycles. The van der Waals surface area contributed by atoms with Gasteiger partial charge in [0.05, 0.1) is 5.41 Å². The molecule has 5 heteroatoms. The Labute approximate surface area is 115 Å². The van der Waals surface area contributed by atoms with E-state index in [0.717, 1.165) is 0 Å². The predicted octanol–water partition coefficient (Wildman–Crippen LogP) is 2.59. The quantitative estimate of drug-likeness (QED) is 0.833. The highest BCUT2D eigenvalue weighted by Gasteiger charge is 2.50. The molecule has 0 aliphatic heterocycles. The van der Waals surface area contributed by atoms with Gasteiger partial charge in [0.25, 0.3) is 0 Å². The molecular formula is C15H15FO4. The zero-order valence-corrected chi connectivity index (χ0v) is 11.0. The minimum absolute atomic E-state index is 0.00377. The molecule has 0 saturated heterocycles. The third-order valence-corrected chi connectivity index (χ3v) is 3.89. The van der Waals surface area contributed by atoms with Crippen molar-refractivity contribution >= 4 is 11.9 Å². The molecule has 0 radical (unpaired) electrons. The Kier molecular flexibility index (Phi) is 3.38. The highest BCUT2D eigenvalue weighted by atomic mass is 19.1. The summed E-state index contributed by atoms with van der Waals surface area (Å²) in [6, 6.07) is 5.59. The topological polar surface area (TPSA) is 74.6 Å². The van der Waals surface area contributed by atoms with Gasteiger partial charge in [-0.1, -0.05) is 30.4 Å². The normalized spacial score (nSPS) is 29.1. The standard InChI is InChI=1S/C15H15FO4/c1-14(12(17)18)7-4-8-15(9-14,13(19)20)10-5-2-3-6-11(10)16/h2-6,8H,7,9H2,1H3,(H,17,18)(H,19,20). The summed E-state index contributed by atoms with van der Waals surface area (Å²) in [5.41, 5.74) is -2.87. The smallest absolute Gasteiger partial charge is 0.318 e. The van der Waals surface area contributed by atoms with Gasteiger partial charge in [-0.15, -0.1) is 0 Å². The molecule has 0 spiro atoms. The largest absolute Gasteiger partial charge is 0.481 e. The number of aliphatic carboxylic acids is 2. The number of carboxylic acid groups (broad SMARTS) is 2. The minimum Gasteiger partial charge on any atom is -0.481 e. The first-order chi connectivity index (χ1) is 9.32. The summed E-state index contributed by atoms with van der Waals surface area (Å²) in [7, 11) is 0. The van der Waals surface area contributed by atoms with Crippen LogP contribution in [0.4, 0.5) is 4.39 Å². The second kappa shape index (κ2) is 4.74. The maximum Gasteiger partial charge on any atom is 0.318 e. The average molecular weight is 278 g/mol. The summed E-state index contributed by atoms with van der Waals surface area (Å²) in [6.45, 7) is 1.48. The molecule has 2 atom stereocenters. The Hall–Kier alpha value is -2.17. The van der Waals surface area contributed by atoms with E-state index >= 15 is 0 Å². The number of benzene rings is 1. The molecule has 0 saturated carbocycles. The highest BCUT2D eigenvalue weighted by Crippen LogP contribution is 2.45. The van der Waals surface area contributed by atoms with Crippen molar-refractivity contribution in [2.24, 2.45) is 5.41 Å². The van der Waals surface area contributed by atoms with E-state index in [1.165, 1.54) is 37.3 Å². The molecule has 1 aromatic rings. The third-order valence-electron chi connectivity index (χ3n) is 3.89. The average Bonchev–Trinajstić information content (AvgIpc) is 2.38. The van der Waals surface area contributed by atoms with E-state index < -0.39 is 28.6 Å². The Bertz CT molecular complexity index is 595. The van der Waals surface area contributed by atoms with Crippen molar-refractivity contribution in [2.75, 3.05) is 0 Å². The summed E-state index contributed by atoms with van der Waals surface area (Å²) >= 11 is 0. The van der Waals surface area contributed by atoms with Gasteiger partial charge in [0.1, 0.15) is 11.2 Å². The van der Waals surface area contributed by atoms with E-state index in [1.54, 1.807) is 6.07 Å². The molecule has 1 aliphatic rings. The van der Waals surface area contributed by atoms with Crippen LogP contribution < -0.4 is 0 Å². The zero-order valence-electron chi connectivity index (χ0n) is 11.0. The van der Waals surface area contributed by atoms with Gasteiger partial charge < -0.3 is 10.2 Å². The van der Waals surface area contributed by atoms with E-state index in [1.807, 2.05) is 0 Å². The molecule has 106 valence electrons. The van der Waals surface area contributed by atoms with Gasteiger partial charge in [-0.3, -0.25) is 9.59 Å². The summed E-state index contributed by atoms with van der Waals surface area (Å²) < 4.78 is 14.0. The van der Waals surface area contributed by atoms with Gasteiger partial charge in [0.15, 0.2) is 0 Å². The van der Waals surface area contributed by atoms with Crippen LogP contribution in [-0.2, 0) is 15.0 Å². The molecule has 4 nitrogen and oxygen atoms in total. The number of rotatable bonds is 3. The molecule has 0 bridgehead atoms. The van der Waals surface area contributed by atoms with Crippen LogP contribution >= 0.6 is 0 Å². The first-order valence-electron chi connectivity index (χ1n) is 6.21. The molecule has 2 unspecified atom stereocenters. The SMILES string of the molecule is CC1(C(=O)O)CC=CC(C(=O)O)(c2ccccc2F)C1. The highest BCUT2D eigenvalue weighted by molar-refractivity contribution is 5.87. The predicted molar refractivity (Wildman–Crippen MR) is 69.8 cm³/mol. The second-order valence-corrected chi connectivity index (χ2v) is 5.41. The molecule has 2 rings (SSSR count). The molecule has 2 N–H and O–H groups in total. The molecule has 0 aromatic heterocycles. The van der Waals surface area contributed by atoms with Crippen molar-refractivity contribution in [1.82, 2.24) is 0 Å². The van der Waals surface area contributed by atoms with Gasteiger partial charge in [0, 0.05) is 5.56 Å². The van der Waals surface area contributed by atoms with Crippen molar-refractivity contribution in [3.63, 3.8) is 0 Å². The summed E-state index contributed by atoms with van der Waals surface area (Å²) in [4.78, 5) is 23.1. The van der Waals surface area contributed by atoms with Crippen molar-refractivity contribution in [1.29, 1.82) is 0 Å². The van der Waals surface area contributed by atoms with Crippen LogP contribution in [0.25, 0.3) is 0 Å². The zero-order chi connectivity index (χ0) is 15.0. The Morgan fingerprint density at radius 2 is 1.85 bits per heavy atom. The van der Waals surface area contributed by atoms with Gasteiger partial charge in [-0.05, 0) is 25.8 Å². The molecule has 1 aromatic carbocycles. The van der Waals surface area contributed by atoms with Crippen LogP contribution in [0.1, 0.15) is 25.3 Å². The van der Waals surface area contributed by atoms with Crippen molar-refractivity contribution in [2.45, 2.75) is 25.2 Å². The molecule has 1 aliphatic carbocycles. The number of halogens is 1. The van der Waals surface area contributed by atoms with Crippen LogP contribution in [0.5, 0.6) is 0 Å². The molecular weight excluding hydrogens is 263 g/mol. The lowest BCUT2D eigenvalue weighted by Crippen LogP contribution is -2.45. The van der Waals surface area contributed by atoms with E-state index in [0.29, 0.717) is 0 Å². The summed E-state index contributed by atoms with van der Waals surface area (Å²) in [5, 5.41) is 18.9. The third kappa shape index (κ3) is 2.09. The first kappa shape index (κ1) is 14.2. The van der Waals surface area contributed by atoms with Crippen LogP contribution in [-0.4, -0.2) is 22.2 Å². The maximum atomic E-state index is 14.0. The maximum absolute atomic E-state index is 14.0. The van der Waals surface area contributed by atoms with E-state index in [-0.39, 0.29) is 18.4 Å². The number of allylic oxidation sites excluding steroid dienone is 1. The van der Waals surface area contributed by atoms with Crippen LogP contribution in [0.2, 0.25) is 0 Å². The van der Waals surface area contributed by atoms with E-state index in [4.69, 9.17) is 0 Å². The monoisotopic (exact) mass is 278 g/mol. The summed E-state index contributed by atoms with van der Waals surface area (Å²) in [5.74, 6) is -2.97. The van der Waals surface area contributed by atoms with Crippen LogP contribution in [0.3, 0.4) is 0 Å². The van der Waals surface area contributed by atoms with E-state index in [2.05, 4.69) is 0 Å². The molecule has 0 fully saturated rings. The van der Waals surface area contributed by atoms with Crippen molar-refractivity contribution in [3.05, 3.63) is 47.8 Å². The Balaban J connectivity index is 2.61. The van der Waals surface area contributed by atoms with Crippen LogP contribution in [0, 0.1) is 11.2 Å². The van der Waals surface area contributed by atoms with E-state index in [9.17, 15) is 24.2 Å². The van der Waals surface area contributed by atoms with Crippen molar-refractivity contribution < 1.29 is 24.2 Å². The van der Waals surface area contributed by atoms with Gasteiger partial charge in [0.2, 0.25) is 0 Å². The lowest BCUT2D eigenvalue weighted by molar-refractivity contribution is -0.152. The molecule has 0 amide bonds. The van der Waals surface area contributed by atoms with Crippen molar-refractivity contribution in [3.8, 4) is 0 Å². The fourth-order valence-electron chi connectivity index (χ4n) is 2.70. The Morgan fingerprint density at radius 3 is 2.40 bits per heavy atom. The summed E-state index contributed by atoms with van der Waals surface area (Å²) in [6.07, 6.45) is 2.96. The van der Waals surface area contributed by atoms with Gasteiger partial charge in [-0.25, -0.2) is 4.39 Å². The number of hydrogen-bond acceptors (Lipinski definition) is 2. The van der Waals surface area contributed by atoms with Gasteiger partial charge >= 0.3 is 11.9 Å². The first-order valence-corrected chi connectivity index (χ1v) is 6.21. The number of carbonyl (C=O) groups is 2. The minimum atomic E-state index is -1.64. The van der Waals surface area contributed by atoms with Crippen LogP contribution in [0.15, 0.2) is 36.4 Å². The second-order valence-electron chi connectivity index (χ2n) is 5.41. The lowest BCUT2D eigenvalue weighted by atomic mass is 9.63. The fourth-order valence-corrected chi connectivity index (χ4v) is 2.70. The lowest BCUT2D eigenvalue weighted by Gasteiger charge is -2.38. The molecule has 20 heavy (non-hydrogen) atoms. The Morgan fingerprint density at radius 1 is 1.20 bits per heavy atom. The number of carboxylic acids is 2.